The van der Waals surface area contributed by atoms with Crippen LogP contribution in [0.5, 0.6) is 0 Å². The minimum absolute atomic E-state index is 0.0801. The van der Waals surface area contributed by atoms with Gasteiger partial charge in [-0.1, -0.05) is 12.1 Å². The molecule has 1 fully saturated rings. The maximum absolute atomic E-state index is 12.7. The molecule has 2 aromatic heterocycles. The number of carbonyl (C=O) groups is 1. The molecule has 4 rings (SSSR count). The van der Waals surface area contributed by atoms with E-state index in [0.29, 0.717) is 18.7 Å². The summed E-state index contributed by atoms with van der Waals surface area (Å²) in [5, 5.41) is 0. The summed E-state index contributed by atoms with van der Waals surface area (Å²) in [5.74, 6) is 0.902. The highest BCUT2D eigenvalue weighted by Gasteiger charge is 2.27. The van der Waals surface area contributed by atoms with Gasteiger partial charge in [0.25, 0.3) is 5.56 Å². The van der Waals surface area contributed by atoms with Crippen LogP contribution in [-0.4, -0.2) is 43.4 Å². The summed E-state index contributed by atoms with van der Waals surface area (Å²) in [6.45, 7) is 2.75. The molecular weight excluding hydrogens is 346 g/mol. The first kappa shape index (κ1) is 17.3. The zero-order chi connectivity index (χ0) is 19.0. The summed E-state index contributed by atoms with van der Waals surface area (Å²) in [5.41, 5.74) is 1.33. The number of aryl methyl sites for hydroxylation is 1. The highest BCUT2D eigenvalue weighted by molar-refractivity contribution is 5.76. The SMILES string of the molecule is Cc1cn(CC(=O)N2CCC[C@@H](c3nc4ccccc4[nH]3)C2)c(=O)[nH]c1=O. The van der Waals surface area contributed by atoms with Crippen LogP contribution in [-0.2, 0) is 11.3 Å². The topological polar surface area (TPSA) is 104 Å². The maximum Gasteiger partial charge on any atom is 0.328 e. The van der Waals surface area contributed by atoms with Gasteiger partial charge in [-0.05, 0) is 31.9 Å². The van der Waals surface area contributed by atoms with Gasteiger partial charge in [-0.25, -0.2) is 9.78 Å². The molecule has 1 amide bonds. The highest BCUT2D eigenvalue weighted by Crippen LogP contribution is 2.26. The smallest absolute Gasteiger partial charge is 0.328 e. The molecule has 27 heavy (non-hydrogen) atoms. The molecule has 2 N–H and O–H groups in total. The largest absolute Gasteiger partial charge is 0.342 e. The van der Waals surface area contributed by atoms with Gasteiger partial charge < -0.3 is 9.88 Å². The summed E-state index contributed by atoms with van der Waals surface area (Å²) >= 11 is 0. The molecule has 0 aliphatic carbocycles. The van der Waals surface area contributed by atoms with Crippen LogP contribution in [0.15, 0.2) is 40.1 Å². The fourth-order valence-corrected chi connectivity index (χ4v) is 3.57. The first-order valence-corrected chi connectivity index (χ1v) is 9.04. The Bertz CT molecular complexity index is 1080. The number of hydrogen-bond acceptors (Lipinski definition) is 4. The molecule has 3 aromatic rings. The van der Waals surface area contributed by atoms with Gasteiger partial charge >= 0.3 is 5.69 Å². The van der Waals surface area contributed by atoms with Crippen molar-refractivity contribution in [1.29, 1.82) is 0 Å². The number of aromatic amines is 2. The lowest BCUT2D eigenvalue weighted by molar-refractivity contribution is -0.133. The van der Waals surface area contributed by atoms with Gasteiger partial charge in [0, 0.05) is 30.8 Å². The van der Waals surface area contributed by atoms with Crippen molar-refractivity contribution in [2.24, 2.45) is 0 Å². The number of para-hydroxylation sites is 2. The van der Waals surface area contributed by atoms with Crippen molar-refractivity contribution in [2.75, 3.05) is 13.1 Å². The van der Waals surface area contributed by atoms with E-state index in [1.165, 1.54) is 10.8 Å². The molecule has 0 unspecified atom stereocenters. The van der Waals surface area contributed by atoms with Crippen molar-refractivity contribution in [3.05, 3.63) is 62.7 Å². The van der Waals surface area contributed by atoms with Crippen molar-refractivity contribution >= 4 is 16.9 Å². The van der Waals surface area contributed by atoms with Crippen molar-refractivity contribution in [2.45, 2.75) is 32.2 Å². The molecule has 8 nitrogen and oxygen atoms in total. The third-order valence-electron chi connectivity index (χ3n) is 5.06. The normalized spacial score (nSPS) is 17.4. The average molecular weight is 367 g/mol. The minimum atomic E-state index is -0.565. The van der Waals surface area contributed by atoms with E-state index in [1.54, 1.807) is 11.8 Å². The zero-order valence-electron chi connectivity index (χ0n) is 15.1. The Morgan fingerprint density at radius 1 is 1.26 bits per heavy atom. The van der Waals surface area contributed by atoms with Crippen LogP contribution in [0.2, 0.25) is 0 Å². The number of carbonyl (C=O) groups excluding carboxylic acids is 1. The average Bonchev–Trinajstić information content (AvgIpc) is 3.10. The van der Waals surface area contributed by atoms with Gasteiger partial charge in [0.05, 0.1) is 11.0 Å². The number of fused-ring (bicyclic) bond motifs is 1. The number of benzene rings is 1. The molecule has 1 aliphatic heterocycles. The van der Waals surface area contributed by atoms with Crippen LogP contribution < -0.4 is 11.2 Å². The van der Waals surface area contributed by atoms with E-state index in [0.717, 1.165) is 29.7 Å². The molecule has 8 heteroatoms. The predicted molar refractivity (Wildman–Crippen MR) is 101 cm³/mol. The summed E-state index contributed by atoms with van der Waals surface area (Å²) in [4.78, 5) is 48.1. The number of rotatable bonds is 3. The number of amides is 1. The fourth-order valence-electron chi connectivity index (χ4n) is 3.57. The van der Waals surface area contributed by atoms with Gasteiger partial charge in [0.2, 0.25) is 5.91 Å². The maximum atomic E-state index is 12.7. The minimum Gasteiger partial charge on any atom is -0.342 e. The molecule has 1 atom stereocenters. The molecule has 3 heterocycles. The molecule has 1 aromatic carbocycles. The van der Waals surface area contributed by atoms with E-state index in [9.17, 15) is 14.4 Å². The van der Waals surface area contributed by atoms with E-state index in [1.807, 2.05) is 24.3 Å². The van der Waals surface area contributed by atoms with E-state index >= 15 is 0 Å². The van der Waals surface area contributed by atoms with E-state index in [4.69, 9.17) is 0 Å². The highest BCUT2D eigenvalue weighted by atomic mass is 16.2. The van der Waals surface area contributed by atoms with Gasteiger partial charge in [-0.3, -0.25) is 19.1 Å². The number of imidazole rings is 1. The predicted octanol–water partition coefficient (Wildman–Crippen LogP) is 1.13. The molecular formula is C19H21N5O3. The second kappa shape index (κ2) is 6.86. The third-order valence-corrected chi connectivity index (χ3v) is 5.06. The Morgan fingerprint density at radius 3 is 2.89 bits per heavy atom. The Balaban J connectivity index is 1.51. The van der Waals surface area contributed by atoms with Crippen LogP contribution in [0.4, 0.5) is 0 Å². The number of nitrogens with zero attached hydrogens (tertiary/aromatic N) is 3. The molecule has 1 aliphatic rings. The number of likely N-dealkylation sites (tertiary alicyclic amines) is 1. The summed E-state index contributed by atoms with van der Waals surface area (Å²) < 4.78 is 1.25. The van der Waals surface area contributed by atoms with Crippen molar-refractivity contribution in [3.8, 4) is 0 Å². The van der Waals surface area contributed by atoms with Crippen LogP contribution in [0.25, 0.3) is 11.0 Å². The lowest BCUT2D eigenvalue weighted by Gasteiger charge is -2.32. The number of hydrogen-bond donors (Lipinski definition) is 2. The molecule has 140 valence electrons. The molecule has 0 spiro atoms. The Morgan fingerprint density at radius 2 is 2.07 bits per heavy atom. The number of nitrogens with one attached hydrogen (secondary N) is 2. The fraction of sp³-hybridized carbons (Fsp3) is 0.368. The Kier molecular flexibility index (Phi) is 4.39. The second-order valence-corrected chi connectivity index (χ2v) is 7.02. The van der Waals surface area contributed by atoms with Crippen molar-refractivity contribution in [1.82, 2.24) is 24.4 Å². The van der Waals surface area contributed by atoms with Crippen molar-refractivity contribution in [3.63, 3.8) is 0 Å². The van der Waals surface area contributed by atoms with E-state index < -0.39 is 11.2 Å². The van der Waals surface area contributed by atoms with Gasteiger partial charge in [0.1, 0.15) is 12.4 Å². The summed E-state index contributed by atoms with van der Waals surface area (Å²) in [6, 6.07) is 7.87. The lowest BCUT2D eigenvalue weighted by Crippen LogP contribution is -2.43. The summed E-state index contributed by atoms with van der Waals surface area (Å²) in [7, 11) is 0. The van der Waals surface area contributed by atoms with E-state index in [-0.39, 0.29) is 18.4 Å². The van der Waals surface area contributed by atoms with Crippen LogP contribution >= 0.6 is 0 Å². The number of H-pyrrole nitrogens is 2. The Hall–Kier alpha value is -3.16. The monoisotopic (exact) mass is 367 g/mol. The molecule has 0 saturated carbocycles. The zero-order valence-corrected chi connectivity index (χ0v) is 15.1. The summed E-state index contributed by atoms with van der Waals surface area (Å²) in [6.07, 6.45) is 3.27. The van der Waals surface area contributed by atoms with Crippen LogP contribution in [0.1, 0.15) is 30.1 Å². The second-order valence-electron chi connectivity index (χ2n) is 7.02. The number of aromatic nitrogens is 4. The lowest BCUT2D eigenvalue weighted by atomic mass is 9.97. The van der Waals surface area contributed by atoms with Crippen LogP contribution in [0.3, 0.4) is 0 Å². The van der Waals surface area contributed by atoms with Crippen molar-refractivity contribution < 1.29 is 4.79 Å². The van der Waals surface area contributed by atoms with Crippen LogP contribution in [0, 0.1) is 6.92 Å². The molecule has 1 saturated heterocycles. The molecule has 0 bridgehead atoms. The first-order valence-electron chi connectivity index (χ1n) is 9.04. The van der Waals surface area contributed by atoms with Gasteiger partial charge in [0.15, 0.2) is 0 Å². The van der Waals surface area contributed by atoms with E-state index in [2.05, 4.69) is 15.0 Å². The standard InChI is InChI=1S/C19H21N5O3/c1-12-9-24(19(27)22-18(12)26)11-16(25)23-8-4-5-13(10-23)17-20-14-6-2-3-7-15(14)21-17/h2-3,6-7,9,13H,4-5,8,10-11H2,1H3,(H,20,21)(H,22,26,27)/t13-/m1/s1. The van der Waals surface area contributed by atoms with Gasteiger partial charge in [-0.15, -0.1) is 0 Å². The number of piperidine rings is 1. The Labute approximate surface area is 154 Å². The quantitative estimate of drug-likeness (QED) is 0.724. The van der Waals surface area contributed by atoms with Gasteiger partial charge in [-0.2, -0.15) is 0 Å². The first-order chi connectivity index (χ1) is 13.0. The third kappa shape index (κ3) is 3.42. The molecule has 0 radical (unpaired) electrons.